The first-order valence-corrected chi connectivity index (χ1v) is 11.8. The van der Waals surface area contributed by atoms with Gasteiger partial charge in [0.1, 0.15) is 17.1 Å². The number of fused-ring (bicyclic) bond motifs is 1. The van der Waals surface area contributed by atoms with Crippen molar-refractivity contribution in [2.24, 2.45) is 0 Å². The van der Waals surface area contributed by atoms with Crippen molar-refractivity contribution >= 4 is 34.5 Å². The molecule has 0 unspecified atom stereocenters. The van der Waals surface area contributed by atoms with Crippen molar-refractivity contribution < 1.29 is 9.15 Å². The molecule has 0 bridgehead atoms. The van der Waals surface area contributed by atoms with Crippen molar-refractivity contribution in [3.8, 4) is 6.07 Å². The quantitative estimate of drug-likeness (QED) is 0.229. The summed E-state index contributed by atoms with van der Waals surface area (Å²) < 4.78 is 11.5. The Hall–Kier alpha value is -5.27. The van der Waals surface area contributed by atoms with E-state index in [0.29, 0.717) is 28.2 Å². The van der Waals surface area contributed by atoms with Crippen LogP contribution in [-0.2, 0) is 4.74 Å². The van der Waals surface area contributed by atoms with Gasteiger partial charge in [-0.25, -0.2) is 14.9 Å². The van der Waals surface area contributed by atoms with E-state index in [4.69, 9.17) is 15.7 Å². The number of ether oxygens (including phenoxy) is 1. The number of rotatable bonds is 6. The molecule has 0 radical (unpaired) electrons. The predicted molar refractivity (Wildman–Crippen MR) is 152 cm³/mol. The fraction of sp³-hybridized carbons (Fsp3) is 0.129. The molecule has 4 rings (SSSR count). The number of anilines is 2. The molecule has 7 heteroatoms. The van der Waals surface area contributed by atoms with Crippen molar-refractivity contribution in [1.29, 1.82) is 5.26 Å². The average Bonchev–Trinajstić information content (AvgIpc) is 2.91. The number of nitrogens with zero attached hydrogens (tertiary/aromatic N) is 4. The first-order valence-electron chi connectivity index (χ1n) is 11.8. The molecular weight excluding hydrogens is 476 g/mol. The Morgan fingerprint density at radius 2 is 1.53 bits per heavy atom. The number of allylic oxidation sites excluding steroid dienone is 6. The summed E-state index contributed by atoms with van der Waals surface area (Å²) in [6, 6.07) is 17.4. The highest BCUT2D eigenvalue weighted by atomic mass is 16.5. The van der Waals surface area contributed by atoms with E-state index in [1.165, 1.54) is 0 Å². The predicted octanol–water partition coefficient (Wildman–Crippen LogP) is 6.15. The van der Waals surface area contributed by atoms with Gasteiger partial charge in [0.2, 0.25) is 0 Å². The van der Waals surface area contributed by atoms with Crippen molar-refractivity contribution in [2.45, 2.75) is 0 Å². The summed E-state index contributed by atoms with van der Waals surface area (Å²) in [5, 5.41) is 10.2. The van der Waals surface area contributed by atoms with Crippen LogP contribution in [0.15, 0.2) is 105 Å². The second kappa shape index (κ2) is 11.2. The molecule has 3 aromatic rings. The summed E-state index contributed by atoms with van der Waals surface area (Å²) >= 11 is 0. The Morgan fingerprint density at radius 1 is 0.895 bits per heavy atom. The molecule has 0 saturated carbocycles. The molecule has 38 heavy (non-hydrogen) atoms. The number of hydrogen-bond donors (Lipinski definition) is 0. The van der Waals surface area contributed by atoms with E-state index in [2.05, 4.69) is 4.85 Å². The maximum absolute atomic E-state index is 12.6. The molecular formula is C31H26N4O3. The van der Waals surface area contributed by atoms with Crippen molar-refractivity contribution in [1.82, 2.24) is 0 Å². The van der Waals surface area contributed by atoms with Crippen LogP contribution in [0.3, 0.4) is 0 Å². The van der Waals surface area contributed by atoms with Gasteiger partial charge in [-0.2, -0.15) is 0 Å². The first-order chi connectivity index (χ1) is 18.3. The van der Waals surface area contributed by atoms with Crippen LogP contribution in [0.25, 0.3) is 28.0 Å². The maximum atomic E-state index is 12.6. The third-order valence-corrected chi connectivity index (χ3v) is 5.86. The molecule has 0 fully saturated rings. The summed E-state index contributed by atoms with van der Waals surface area (Å²) in [6.45, 7) is 7.35. The molecule has 7 nitrogen and oxygen atoms in total. The lowest BCUT2D eigenvalue weighted by Crippen LogP contribution is -2.09. The largest absolute Gasteiger partial charge is 0.457 e. The third-order valence-electron chi connectivity index (χ3n) is 5.86. The summed E-state index contributed by atoms with van der Waals surface area (Å²) in [7, 11) is 7.80. The zero-order valence-electron chi connectivity index (χ0n) is 21.6. The second-order valence-electron chi connectivity index (χ2n) is 8.98. The fourth-order valence-corrected chi connectivity index (χ4v) is 3.74. The molecule has 1 aromatic heterocycles. The Bertz CT molecular complexity index is 1650. The van der Waals surface area contributed by atoms with Gasteiger partial charge in [-0.15, -0.1) is 0 Å². The normalized spacial score (nSPS) is 14.5. The first kappa shape index (κ1) is 25.8. The summed E-state index contributed by atoms with van der Waals surface area (Å²) in [5.41, 5.74) is 3.73. The topological polar surface area (TPSA) is 74.1 Å². The van der Waals surface area contributed by atoms with E-state index in [-0.39, 0.29) is 5.70 Å². The van der Waals surface area contributed by atoms with Crippen LogP contribution < -0.4 is 15.4 Å². The van der Waals surface area contributed by atoms with Gasteiger partial charge in [0.05, 0.1) is 18.2 Å². The van der Waals surface area contributed by atoms with Gasteiger partial charge in [-0.3, -0.25) is 0 Å². The van der Waals surface area contributed by atoms with Gasteiger partial charge < -0.3 is 19.0 Å². The minimum absolute atomic E-state index is 0.0534. The molecule has 0 atom stereocenters. The van der Waals surface area contributed by atoms with E-state index >= 15 is 0 Å². The maximum Gasteiger partial charge on any atom is 0.343 e. The Kier molecular flexibility index (Phi) is 7.61. The molecule has 0 N–H and O–H groups in total. The summed E-state index contributed by atoms with van der Waals surface area (Å²) in [4.78, 5) is 19.9. The molecule has 1 aliphatic heterocycles. The van der Waals surface area contributed by atoms with Gasteiger partial charge >= 0.3 is 5.63 Å². The molecule has 0 aliphatic carbocycles. The zero-order valence-corrected chi connectivity index (χ0v) is 21.6. The van der Waals surface area contributed by atoms with Gasteiger partial charge in [-0.05, 0) is 71.8 Å². The van der Waals surface area contributed by atoms with Gasteiger partial charge in [0, 0.05) is 51.0 Å². The van der Waals surface area contributed by atoms with Crippen LogP contribution >= 0.6 is 0 Å². The third kappa shape index (κ3) is 5.92. The van der Waals surface area contributed by atoms with E-state index in [1.807, 2.05) is 92.6 Å². The lowest BCUT2D eigenvalue weighted by molar-refractivity contribution is 0.332. The van der Waals surface area contributed by atoms with Crippen molar-refractivity contribution in [3.05, 3.63) is 129 Å². The van der Waals surface area contributed by atoms with Gasteiger partial charge in [0.15, 0.2) is 0 Å². The minimum atomic E-state index is -0.479. The van der Waals surface area contributed by atoms with E-state index in [9.17, 15) is 10.1 Å². The van der Waals surface area contributed by atoms with Crippen molar-refractivity contribution in [2.75, 3.05) is 38.0 Å². The van der Waals surface area contributed by atoms with Gasteiger partial charge in [0.25, 0.3) is 5.70 Å². The molecule has 0 amide bonds. The monoisotopic (exact) mass is 502 g/mol. The fourth-order valence-electron chi connectivity index (χ4n) is 3.74. The Labute approximate surface area is 221 Å². The van der Waals surface area contributed by atoms with Crippen LogP contribution in [-0.4, -0.2) is 28.2 Å². The minimum Gasteiger partial charge on any atom is -0.457 e. The second-order valence-corrected chi connectivity index (χ2v) is 8.98. The smallest absolute Gasteiger partial charge is 0.343 e. The lowest BCUT2D eigenvalue weighted by atomic mass is 10.1. The standard InChI is InChI=1S/C31H26N4O3/c1-33-29(20-32)24-17-27(14-8-21-6-11-25(12-7-21)34(2)3)37-28(18-24)15-10-23-16-22-9-13-26(35(4)5)19-30(22)38-31(23)36/h6-19H,2-5H3/b14-8+,15-10+,29-24+. The van der Waals surface area contributed by atoms with Crippen LogP contribution in [0.5, 0.6) is 0 Å². The van der Waals surface area contributed by atoms with E-state index < -0.39 is 5.63 Å². The Balaban J connectivity index is 1.63. The van der Waals surface area contributed by atoms with E-state index in [0.717, 1.165) is 22.3 Å². The van der Waals surface area contributed by atoms with Crippen LogP contribution in [0.1, 0.15) is 11.1 Å². The highest BCUT2D eigenvalue weighted by Crippen LogP contribution is 2.26. The van der Waals surface area contributed by atoms with Gasteiger partial charge in [-0.1, -0.05) is 18.2 Å². The van der Waals surface area contributed by atoms with E-state index in [1.54, 1.807) is 36.4 Å². The summed E-state index contributed by atoms with van der Waals surface area (Å²) in [5.74, 6) is 0.834. The van der Waals surface area contributed by atoms with Crippen LogP contribution in [0, 0.1) is 17.9 Å². The van der Waals surface area contributed by atoms with Crippen LogP contribution in [0.4, 0.5) is 11.4 Å². The molecule has 188 valence electrons. The van der Waals surface area contributed by atoms with Crippen molar-refractivity contribution in [3.63, 3.8) is 0 Å². The highest BCUT2D eigenvalue weighted by molar-refractivity contribution is 5.82. The molecule has 0 spiro atoms. The number of hydrogen-bond acceptors (Lipinski definition) is 6. The Morgan fingerprint density at radius 3 is 2.13 bits per heavy atom. The lowest BCUT2D eigenvalue weighted by Gasteiger charge is -2.14. The molecule has 0 saturated heterocycles. The SMILES string of the molecule is [C-]#[N+]/C(C#N)=C1C=C(/C=C/c2ccc(N(C)C)cc2)OC(/C=C/c2cc3ccc(N(C)C)cc3oc2=O)=C\1. The molecule has 2 heterocycles. The molecule has 1 aliphatic rings. The average molecular weight is 503 g/mol. The zero-order chi connectivity index (χ0) is 27.2. The molecule has 2 aromatic carbocycles. The highest BCUT2D eigenvalue weighted by Gasteiger charge is 2.13. The summed E-state index contributed by atoms with van der Waals surface area (Å²) in [6.07, 6.45) is 10.1. The van der Waals surface area contributed by atoms with Crippen LogP contribution in [0.2, 0.25) is 0 Å². The number of benzene rings is 2. The number of nitriles is 1.